The highest BCUT2D eigenvalue weighted by atomic mass is 16.2. The van der Waals surface area contributed by atoms with Gasteiger partial charge in [-0.2, -0.15) is 0 Å². The molecule has 0 spiro atoms. The van der Waals surface area contributed by atoms with Crippen molar-refractivity contribution >= 4 is 11.9 Å². The number of urea groups is 1. The van der Waals surface area contributed by atoms with Gasteiger partial charge < -0.3 is 5.32 Å². The lowest BCUT2D eigenvalue weighted by molar-refractivity contribution is -0.121. The van der Waals surface area contributed by atoms with Crippen molar-refractivity contribution in [2.75, 3.05) is 0 Å². The molecule has 3 amide bonds. The SMILES string of the molecule is CC[C@@H](C)[C@@H]1NC(=O)NC1=O. The van der Waals surface area contributed by atoms with Gasteiger partial charge in [-0.3, -0.25) is 10.1 Å². The maximum absolute atomic E-state index is 11.0. The monoisotopic (exact) mass is 156 g/mol. The number of rotatable bonds is 2. The molecule has 0 saturated carbocycles. The molecule has 0 aromatic heterocycles. The molecule has 62 valence electrons. The minimum absolute atomic E-state index is 0.204. The van der Waals surface area contributed by atoms with E-state index >= 15 is 0 Å². The topological polar surface area (TPSA) is 58.2 Å². The lowest BCUT2D eigenvalue weighted by atomic mass is 10.00. The lowest BCUT2D eigenvalue weighted by Crippen LogP contribution is -2.35. The Labute approximate surface area is 65.3 Å². The molecular weight excluding hydrogens is 144 g/mol. The summed E-state index contributed by atoms with van der Waals surface area (Å²) in [5.41, 5.74) is 0. The zero-order valence-electron chi connectivity index (χ0n) is 6.68. The van der Waals surface area contributed by atoms with E-state index in [4.69, 9.17) is 0 Å². The number of hydrogen-bond donors (Lipinski definition) is 2. The minimum atomic E-state index is -0.375. The van der Waals surface area contributed by atoms with Crippen LogP contribution in [0.1, 0.15) is 20.3 Å². The van der Waals surface area contributed by atoms with E-state index < -0.39 is 0 Å². The molecule has 2 N–H and O–H groups in total. The molecule has 0 aromatic rings. The zero-order valence-corrected chi connectivity index (χ0v) is 6.68. The minimum Gasteiger partial charge on any atom is -0.326 e. The van der Waals surface area contributed by atoms with E-state index in [1.807, 2.05) is 13.8 Å². The third kappa shape index (κ3) is 1.50. The Bertz CT molecular complexity index is 191. The van der Waals surface area contributed by atoms with E-state index in [0.29, 0.717) is 0 Å². The van der Waals surface area contributed by atoms with Crippen molar-refractivity contribution in [3.63, 3.8) is 0 Å². The van der Waals surface area contributed by atoms with Crippen molar-refractivity contribution in [3.05, 3.63) is 0 Å². The maximum atomic E-state index is 11.0. The van der Waals surface area contributed by atoms with Gasteiger partial charge in [0.05, 0.1) is 0 Å². The maximum Gasteiger partial charge on any atom is 0.322 e. The van der Waals surface area contributed by atoms with Crippen LogP contribution in [-0.2, 0) is 4.79 Å². The molecule has 1 fully saturated rings. The smallest absolute Gasteiger partial charge is 0.322 e. The highest BCUT2D eigenvalue weighted by Gasteiger charge is 2.32. The lowest BCUT2D eigenvalue weighted by Gasteiger charge is -2.13. The Balaban J connectivity index is 2.59. The molecule has 1 heterocycles. The Kier molecular flexibility index (Phi) is 2.12. The van der Waals surface area contributed by atoms with Gasteiger partial charge in [0.25, 0.3) is 5.91 Å². The van der Waals surface area contributed by atoms with Gasteiger partial charge in [0.2, 0.25) is 0 Å². The third-order valence-electron chi connectivity index (χ3n) is 2.02. The summed E-state index contributed by atoms with van der Waals surface area (Å²) in [6, 6.07) is -0.701. The summed E-state index contributed by atoms with van der Waals surface area (Å²) >= 11 is 0. The van der Waals surface area contributed by atoms with Crippen LogP contribution in [0.5, 0.6) is 0 Å². The molecule has 4 nitrogen and oxygen atoms in total. The number of imide groups is 1. The second-order valence-corrected chi connectivity index (χ2v) is 2.83. The summed E-state index contributed by atoms with van der Waals surface area (Å²) in [7, 11) is 0. The quantitative estimate of drug-likeness (QED) is 0.563. The van der Waals surface area contributed by atoms with Crippen LogP contribution in [0.3, 0.4) is 0 Å². The highest BCUT2D eigenvalue weighted by Crippen LogP contribution is 2.10. The molecule has 0 bridgehead atoms. The van der Waals surface area contributed by atoms with Gasteiger partial charge >= 0.3 is 6.03 Å². The predicted octanol–water partition coefficient (Wildman–Crippen LogP) is 0.241. The molecule has 0 unspecified atom stereocenters. The molecule has 2 atom stereocenters. The van der Waals surface area contributed by atoms with Crippen molar-refractivity contribution in [3.8, 4) is 0 Å². The Hall–Kier alpha value is -1.06. The first-order chi connectivity index (χ1) is 5.15. The zero-order chi connectivity index (χ0) is 8.43. The van der Waals surface area contributed by atoms with Crippen molar-refractivity contribution in [2.24, 2.45) is 5.92 Å². The van der Waals surface area contributed by atoms with E-state index in [0.717, 1.165) is 6.42 Å². The summed E-state index contributed by atoms with van der Waals surface area (Å²) in [6.07, 6.45) is 0.887. The fourth-order valence-electron chi connectivity index (χ4n) is 1.07. The van der Waals surface area contributed by atoms with E-state index in [9.17, 15) is 9.59 Å². The van der Waals surface area contributed by atoms with E-state index in [1.165, 1.54) is 0 Å². The van der Waals surface area contributed by atoms with Gasteiger partial charge in [-0.05, 0) is 5.92 Å². The van der Waals surface area contributed by atoms with Crippen LogP contribution in [0.2, 0.25) is 0 Å². The molecule has 1 rings (SSSR count). The fraction of sp³-hybridized carbons (Fsp3) is 0.714. The summed E-state index contributed by atoms with van der Waals surface area (Å²) in [5, 5.41) is 4.75. The van der Waals surface area contributed by atoms with Crippen LogP contribution in [0.15, 0.2) is 0 Å². The number of amides is 3. The van der Waals surface area contributed by atoms with Gasteiger partial charge in [0, 0.05) is 0 Å². The van der Waals surface area contributed by atoms with Crippen LogP contribution < -0.4 is 10.6 Å². The second kappa shape index (κ2) is 2.90. The Morgan fingerprint density at radius 2 is 2.18 bits per heavy atom. The first-order valence-electron chi connectivity index (χ1n) is 3.76. The van der Waals surface area contributed by atoms with Crippen LogP contribution in [-0.4, -0.2) is 18.0 Å². The average Bonchev–Trinajstić information content (AvgIpc) is 2.28. The summed E-state index contributed by atoms with van der Waals surface area (Å²) in [6.45, 7) is 3.93. The molecule has 0 aromatic carbocycles. The molecule has 1 aliphatic heterocycles. The van der Waals surface area contributed by atoms with Crippen LogP contribution in [0.4, 0.5) is 4.79 Å². The summed E-state index contributed by atoms with van der Waals surface area (Å²) < 4.78 is 0. The van der Waals surface area contributed by atoms with E-state index in [1.54, 1.807) is 0 Å². The largest absolute Gasteiger partial charge is 0.326 e. The third-order valence-corrected chi connectivity index (χ3v) is 2.02. The first kappa shape index (κ1) is 8.04. The molecule has 0 radical (unpaired) electrons. The summed E-state index contributed by atoms with van der Waals surface area (Å²) in [5.74, 6) is 0.00537. The molecular formula is C7H12N2O2. The van der Waals surface area contributed by atoms with Crippen molar-refractivity contribution in [1.29, 1.82) is 0 Å². The van der Waals surface area contributed by atoms with Gasteiger partial charge in [0.1, 0.15) is 6.04 Å². The van der Waals surface area contributed by atoms with Crippen LogP contribution in [0, 0.1) is 5.92 Å². The molecule has 0 aliphatic carbocycles. The molecule has 1 saturated heterocycles. The number of carbonyl (C=O) groups is 2. The average molecular weight is 156 g/mol. The molecule has 11 heavy (non-hydrogen) atoms. The summed E-state index contributed by atoms with van der Waals surface area (Å²) in [4.78, 5) is 21.6. The van der Waals surface area contributed by atoms with Gasteiger partial charge in [-0.25, -0.2) is 4.79 Å². The Morgan fingerprint density at radius 3 is 2.55 bits per heavy atom. The van der Waals surface area contributed by atoms with E-state index in [2.05, 4.69) is 10.6 Å². The van der Waals surface area contributed by atoms with Gasteiger partial charge in [-0.15, -0.1) is 0 Å². The second-order valence-electron chi connectivity index (χ2n) is 2.83. The molecule has 1 aliphatic rings. The van der Waals surface area contributed by atoms with Crippen LogP contribution in [0.25, 0.3) is 0 Å². The highest BCUT2D eigenvalue weighted by molar-refractivity contribution is 6.04. The number of hydrogen-bond acceptors (Lipinski definition) is 2. The molecule has 4 heteroatoms. The normalized spacial score (nSPS) is 26.2. The van der Waals surface area contributed by atoms with Crippen molar-refractivity contribution in [1.82, 2.24) is 10.6 Å². The number of carbonyl (C=O) groups excluding carboxylic acids is 2. The van der Waals surface area contributed by atoms with Gasteiger partial charge in [0.15, 0.2) is 0 Å². The predicted molar refractivity (Wildman–Crippen MR) is 39.9 cm³/mol. The van der Waals surface area contributed by atoms with E-state index in [-0.39, 0.29) is 23.9 Å². The number of nitrogens with one attached hydrogen (secondary N) is 2. The van der Waals surface area contributed by atoms with Crippen molar-refractivity contribution in [2.45, 2.75) is 26.3 Å². The van der Waals surface area contributed by atoms with Gasteiger partial charge in [-0.1, -0.05) is 20.3 Å². The standard InChI is InChI=1S/C7H12N2O2/c1-3-4(2)5-6(10)9-7(11)8-5/h4-5H,3H2,1-2H3,(H2,8,9,10,11)/t4-,5+/m1/s1. The Morgan fingerprint density at radius 1 is 1.55 bits per heavy atom. The first-order valence-corrected chi connectivity index (χ1v) is 3.76. The fourth-order valence-corrected chi connectivity index (χ4v) is 1.07. The van der Waals surface area contributed by atoms with Crippen LogP contribution >= 0.6 is 0 Å². The van der Waals surface area contributed by atoms with Crippen molar-refractivity contribution < 1.29 is 9.59 Å².